The molecular formula is C19H30N2O3. The molecule has 2 aliphatic heterocycles. The topological polar surface area (TPSA) is 58.6 Å². The fourth-order valence-corrected chi connectivity index (χ4v) is 4.12. The molecule has 3 aliphatic rings. The Hall–Kier alpha value is -1.36. The molecule has 0 radical (unpaired) electrons. The Bertz CT molecular complexity index is 475. The first-order chi connectivity index (χ1) is 11.6. The van der Waals surface area contributed by atoms with E-state index in [4.69, 9.17) is 4.74 Å². The summed E-state index contributed by atoms with van der Waals surface area (Å²) in [7, 11) is 0. The van der Waals surface area contributed by atoms with Crippen molar-refractivity contribution in [2.75, 3.05) is 26.3 Å². The van der Waals surface area contributed by atoms with Crippen molar-refractivity contribution in [3.8, 4) is 0 Å². The third-order valence-electron chi connectivity index (χ3n) is 5.79. The lowest BCUT2D eigenvalue weighted by atomic mass is 9.85. The Balaban J connectivity index is 1.51. The number of hydrogen-bond acceptors (Lipinski definition) is 3. The van der Waals surface area contributed by atoms with E-state index in [-0.39, 0.29) is 23.8 Å². The highest BCUT2D eigenvalue weighted by atomic mass is 16.5. The third kappa shape index (κ3) is 4.18. The van der Waals surface area contributed by atoms with E-state index in [9.17, 15) is 9.59 Å². The molecule has 2 amide bonds. The Labute approximate surface area is 144 Å². The third-order valence-corrected chi connectivity index (χ3v) is 5.79. The predicted molar refractivity (Wildman–Crippen MR) is 92.4 cm³/mol. The lowest BCUT2D eigenvalue weighted by Gasteiger charge is -2.31. The molecule has 3 fully saturated rings. The van der Waals surface area contributed by atoms with E-state index in [2.05, 4.69) is 11.9 Å². The first-order valence-corrected chi connectivity index (χ1v) is 9.47. The fourth-order valence-electron chi connectivity index (χ4n) is 4.12. The molecule has 0 spiro atoms. The quantitative estimate of drug-likeness (QED) is 0.802. The summed E-state index contributed by atoms with van der Waals surface area (Å²) in [5, 5.41) is 3.09. The van der Waals surface area contributed by atoms with Crippen LogP contribution < -0.4 is 5.32 Å². The van der Waals surface area contributed by atoms with Gasteiger partial charge in [-0.3, -0.25) is 9.59 Å². The minimum atomic E-state index is -0.262. The van der Waals surface area contributed by atoms with Gasteiger partial charge < -0.3 is 15.0 Å². The zero-order chi connectivity index (χ0) is 16.9. The van der Waals surface area contributed by atoms with Gasteiger partial charge in [-0.15, -0.1) is 0 Å². The van der Waals surface area contributed by atoms with E-state index in [0.717, 1.165) is 71.1 Å². The molecule has 3 rings (SSSR count). The van der Waals surface area contributed by atoms with Crippen LogP contribution in [0.3, 0.4) is 0 Å². The van der Waals surface area contributed by atoms with Gasteiger partial charge in [0.15, 0.2) is 0 Å². The number of rotatable bonds is 4. The number of carbonyl (C=O) groups excluding carboxylic acids is 2. The zero-order valence-corrected chi connectivity index (χ0v) is 14.6. The molecule has 1 unspecified atom stereocenters. The fraction of sp³-hybridized carbons (Fsp3) is 0.789. The summed E-state index contributed by atoms with van der Waals surface area (Å²) in [5.74, 6) is 0.816. The van der Waals surface area contributed by atoms with E-state index >= 15 is 0 Å². The zero-order valence-electron chi connectivity index (χ0n) is 14.6. The van der Waals surface area contributed by atoms with Crippen LogP contribution in [0, 0.1) is 11.8 Å². The second-order valence-electron chi connectivity index (χ2n) is 7.51. The summed E-state index contributed by atoms with van der Waals surface area (Å²) in [6.45, 7) is 7.05. The monoisotopic (exact) mass is 334 g/mol. The average Bonchev–Trinajstić information content (AvgIpc) is 3.10. The van der Waals surface area contributed by atoms with Crippen LogP contribution in [0.5, 0.6) is 0 Å². The summed E-state index contributed by atoms with van der Waals surface area (Å²) >= 11 is 0. The average molecular weight is 334 g/mol. The van der Waals surface area contributed by atoms with Crippen molar-refractivity contribution in [2.45, 2.75) is 57.4 Å². The maximum absolute atomic E-state index is 12.8. The Morgan fingerprint density at radius 2 is 1.83 bits per heavy atom. The van der Waals surface area contributed by atoms with Gasteiger partial charge in [-0.05, 0) is 57.3 Å². The van der Waals surface area contributed by atoms with Crippen LogP contribution in [-0.2, 0) is 14.3 Å². The SMILES string of the molecule is C=C1CCC(C(=O)N2CCCC2C(=O)NCC2CCOCC2)CC1. The van der Waals surface area contributed by atoms with Crippen molar-refractivity contribution in [3.63, 3.8) is 0 Å². The van der Waals surface area contributed by atoms with Gasteiger partial charge >= 0.3 is 0 Å². The van der Waals surface area contributed by atoms with Crippen LogP contribution in [0.4, 0.5) is 0 Å². The molecule has 1 atom stereocenters. The highest BCUT2D eigenvalue weighted by Gasteiger charge is 2.37. The first kappa shape index (κ1) is 17.5. The summed E-state index contributed by atoms with van der Waals surface area (Å²) in [5.41, 5.74) is 1.26. The number of ether oxygens (including phenoxy) is 1. The maximum Gasteiger partial charge on any atom is 0.242 e. The Morgan fingerprint density at radius 1 is 1.12 bits per heavy atom. The van der Waals surface area contributed by atoms with Crippen molar-refractivity contribution in [3.05, 3.63) is 12.2 Å². The van der Waals surface area contributed by atoms with Gasteiger partial charge in [-0.1, -0.05) is 12.2 Å². The van der Waals surface area contributed by atoms with Crippen LogP contribution in [0.25, 0.3) is 0 Å². The molecule has 2 saturated heterocycles. The number of nitrogens with zero attached hydrogens (tertiary/aromatic N) is 1. The highest BCUT2D eigenvalue weighted by Crippen LogP contribution is 2.31. The second-order valence-corrected chi connectivity index (χ2v) is 7.51. The number of nitrogens with one attached hydrogen (secondary N) is 1. The molecule has 0 aromatic rings. The lowest BCUT2D eigenvalue weighted by molar-refractivity contribution is -0.142. The lowest BCUT2D eigenvalue weighted by Crippen LogP contribution is -2.49. The summed E-state index contributed by atoms with van der Waals surface area (Å²) in [6.07, 6.45) is 7.44. The molecule has 0 bridgehead atoms. The van der Waals surface area contributed by atoms with Gasteiger partial charge in [0.1, 0.15) is 6.04 Å². The standard InChI is InChI=1S/C19H30N2O3/c1-14-4-6-16(7-5-14)19(23)21-10-2-3-17(21)18(22)20-13-15-8-11-24-12-9-15/h15-17H,1-13H2,(H,20,22). The molecule has 1 aliphatic carbocycles. The van der Waals surface area contributed by atoms with Crippen molar-refractivity contribution in [1.29, 1.82) is 0 Å². The molecule has 24 heavy (non-hydrogen) atoms. The molecule has 1 saturated carbocycles. The molecule has 2 heterocycles. The van der Waals surface area contributed by atoms with Gasteiger partial charge in [-0.25, -0.2) is 0 Å². The van der Waals surface area contributed by atoms with Crippen LogP contribution in [0.2, 0.25) is 0 Å². The van der Waals surface area contributed by atoms with Crippen molar-refractivity contribution in [2.24, 2.45) is 11.8 Å². The first-order valence-electron chi connectivity index (χ1n) is 9.47. The predicted octanol–water partition coefficient (Wildman–Crippen LogP) is 2.27. The molecule has 134 valence electrons. The van der Waals surface area contributed by atoms with E-state index in [1.54, 1.807) is 0 Å². The van der Waals surface area contributed by atoms with Gasteiger partial charge in [0.05, 0.1) is 0 Å². The van der Waals surface area contributed by atoms with Crippen LogP contribution in [-0.4, -0.2) is 49.1 Å². The number of likely N-dealkylation sites (tertiary alicyclic amines) is 1. The number of amides is 2. The number of carbonyl (C=O) groups is 2. The van der Waals surface area contributed by atoms with Crippen LogP contribution >= 0.6 is 0 Å². The highest BCUT2D eigenvalue weighted by molar-refractivity contribution is 5.89. The molecule has 0 aromatic heterocycles. The van der Waals surface area contributed by atoms with E-state index < -0.39 is 0 Å². The van der Waals surface area contributed by atoms with E-state index in [1.165, 1.54) is 5.57 Å². The van der Waals surface area contributed by atoms with E-state index in [1.807, 2.05) is 4.90 Å². The molecule has 5 heteroatoms. The smallest absolute Gasteiger partial charge is 0.242 e. The minimum Gasteiger partial charge on any atom is -0.381 e. The summed E-state index contributed by atoms with van der Waals surface area (Å²) in [4.78, 5) is 27.3. The molecule has 5 nitrogen and oxygen atoms in total. The van der Waals surface area contributed by atoms with Gasteiger partial charge in [0.2, 0.25) is 11.8 Å². The van der Waals surface area contributed by atoms with Gasteiger partial charge in [0.25, 0.3) is 0 Å². The van der Waals surface area contributed by atoms with Crippen LogP contribution in [0.15, 0.2) is 12.2 Å². The normalized spacial score (nSPS) is 26.6. The minimum absolute atomic E-state index is 0.0348. The molecular weight excluding hydrogens is 304 g/mol. The second kappa shape index (κ2) is 8.15. The van der Waals surface area contributed by atoms with Gasteiger partial charge in [0, 0.05) is 32.2 Å². The van der Waals surface area contributed by atoms with Gasteiger partial charge in [-0.2, -0.15) is 0 Å². The number of hydrogen-bond donors (Lipinski definition) is 1. The van der Waals surface area contributed by atoms with Crippen molar-refractivity contribution >= 4 is 11.8 Å². The largest absolute Gasteiger partial charge is 0.381 e. The Kier molecular flexibility index (Phi) is 5.93. The van der Waals surface area contributed by atoms with Crippen molar-refractivity contribution in [1.82, 2.24) is 10.2 Å². The number of allylic oxidation sites excluding steroid dienone is 1. The summed E-state index contributed by atoms with van der Waals surface area (Å²) < 4.78 is 5.36. The molecule has 1 N–H and O–H groups in total. The van der Waals surface area contributed by atoms with E-state index in [0.29, 0.717) is 12.5 Å². The van der Waals surface area contributed by atoms with Crippen molar-refractivity contribution < 1.29 is 14.3 Å². The van der Waals surface area contributed by atoms with Crippen LogP contribution in [0.1, 0.15) is 51.4 Å². The summed E-state index contributed by atoms with van der Waals surface area (Å²) in [6, 6.07) is -0.262. The molecule has 0 aromatic carbocycles. The Morgan fingerprint density at radius 3 is 2.54 bits per heavy atom. The maximum atomic E-state index is 12.8.